The van der Waals surface area contributed by atoms with Crippen molar-refractivity contribution in [3.63, 3.8) is 0 Å². The molecule has 0 bridgehead atoms. The number of carbonyl (C=O) groups excluding carboxylic acids is 2. The molecule has 6 heteroatoms. The van der Waals surface area contributed by atoms with E-state index in [0.29, 0.717) is 31.0 Å². The second kappa shape index (κ2) is 11.0. The maximum Gasteiger partial charge on any atom is 0.242 e. The van der Waals surface area contributed by atoms with Gasteiger partial charge in [0.1, 0.15) is 11.8 Å². The Bertz CT molecular complexity index is 834. The van der Waals surface area contributed by atoms with Gasteiger partial charge in [-0.25, -0.2) is 0 Å². The molecular formula is C24H31ClN2O3. The predicted molar refractivity (Wildman–Crippen MR) is 121 cm³/mol. The van der Waals surface area contributed by atoms with Gasteiger partial charge in [0.05, 0.1) is 6.61 Å². The van der Waals surface area contributed by atoms with E-state index in [-0.39, 0.29) is 17.4 Å². The summed E-state index contributed by atoms with van der Waals surface area (Å²) in [5.74, 6) is 0.500. The van der Waals surface area contributed by atoms with Gasteiger partial charge < -0.3 is 15.0 Å². The SMILES string of the molecule is C[C@H](C(=O)NC(C)(C)C)N(Cc1cccc(Cl)c1)C(=O)CCCOc1ccccc1. The Kier molecular flexibility index (Phi) is 8.72. The lowest BCUT2D eigenvalue weighted by Gasteiger charge is -2.31. The molecular weight excluding hydrogens is 400 g/mol. The molecule has 2 rings (SSSR count). The highest BCUT2D eigenvalue weighted by Gasteiger charge is 2.28. The van der Waals surface area contributed by atoms with Crippen LogP contribution in [0.5, 0.6) is 5.75 Å². The topological polar surface area (TPSA) is 58.6 Å². The molecule has 0 spiro atoms. The van der Waals surface area contributed by atoms with Gasteiger partial charge >= 0.3 is 0 Å². The molecule has 0 fully saturated rings. The van der Waals surface area contributed by atoms with Crippen molar-refractivity contribution in [2.45, 2.75) is 58.7 Å². The maximum atomic E-state index is 13.0. The molecule has 162 valence electrons. The zero-order valence-corrected chi connectivity index (χ0v) is 18.9. The fourth-order valence-corrected chi connectivity index (χ4v) is 3.18. The van der Waals surface area contributed by atoms with Crippen LogP contribution in [0.1, 0.15) is 46.1 Å². The molecule has 0 heterocycles. The first-order valence-electron chi connectivity index (χ1n) is 10.2. The summed E-state index contributed by atoms with van der Waals surface area (Å²) in [6, 6.07) is 16.2. The van der Waals surface area contributed by atoms with Crippen molar-refractivity contribution in [3.8, 4) is 5.75 Å². The number of para-hydroxylation sites is 1. The third-order valence-corrected chi connectivity index (χ3v) is 4.69. The smallest absolute Gasteiger partial charge is 0.242 e. The van der Waals surface area contributed by atoms with Crippen LogP contribution in [0.4, 0.5) is 0 Å². The Morgan fingerprint density at radius 1 is 1.10 bits per heavy atom. The molecule has 2 amide bonds. The molecule has 2 aromatic carbocycles. The Hall–Kier alpha value is -2.53. The zero-order valence-electron chi connectivity index (χ0n) is 18.2. The van der Waals surface area contributed by atoms with Crippen LogP contribution in [0.2, 0.25) is 5.02 Å². The summed E-state index contributed by atoms with van der Waals surface area (Å²) >= 11 is 6.10. The van der Waals surface area contributed by atoms with E-state index < -0.39 is 6.04 Å². The first-order valence-corrected chi connectivity index (χ1v) is 10.6. The minimum Gasteiger partial charge on any atom is -0.494 e. The van der Waals surface area contributed by atoms with Crippen LogP contribution < -0.4 is 10.1 Å². The molecule has 1 N–H and O–H groups in total. The summed E-state index contributed by atoms with van der Waals surface area (Å²) in [5, 5.41) is 3.56. The number of hydrogen-bond donors (Lipinski definition) is 1. The van der Waals surface area contributed by atoms with E-state index in [1.807, 2.05) is 69.3 Å². The monoisotopic (exact) mass is 430 g/mol. The largest absolute Gasteiger partial charge is 0.494 e. The number of rotatable bonds is 9. The van der Waals surface area contributed by atoms with Crippen molar-refractivity contribution in [2.24, 2.45) is 0 Å². The molecule has 0 aliphatic heterocycles. The van der Waals surface area contributed by atoms with E-state index >= 15 is 0 Å². The third-order valence-electron chi connectivity index (χ3n) is 4.45. The maximum absolute atomic E-state index is 13.0. The lowest BCUT2D eigenvalue weighted by atomic mass is 10.1. The van der Waals surface area contributed by atoms with E-state index in [0.717, 1.165) is 11.3 Å². The minimum atomic E-state index is -0.606. The van der Waals surface area contributed by atoms with Gasteiger partial charge in [-0.1, -0.05) is 41.9 Å². The first kappa shape index (κ1) is 23.7. The second-order valence-electron chi connectivity index (χ2n) is 8.33. The first-order chi connectivity index (χ1) is 14.2. The molecule has 0 saturated carbocycles. The molecule has 0 aliphatic carbocycles. The Labute approximate surface area is 184 Å². The molecule has 0 saturated heterocycles. The highest BCUT2D eigenvalue weighted by atomic mass is 35.5. The van der Waals surface area contributed by atoms with Gasteiger partial charge in [-0.2, -0.15) is 0 Å². The molecule has 2 aromatic rings. The Morgan fingerprint density at radius 3 is 2.43 bits per heavy atom. The van der Waals surface area contributed by atoms with E-state index in [9.17, 15) is 9.59 Å². The van der Waals surface area contributed by atoms with Crippen molar-refractivity contribution in [1.82, 2.24) is 10.2 Å². The average molecular weight is 431 g/mol. The van der Waals surface area contributed by atoms with E-state index in [2.05, 4.69) is 5.32 Å². The van der Waals surface area contributed by atoms with Gasteiger partial charge in [0.2, 0.25) is 11.8 Å². The minimum absolute atomic E-state index is 0.0943. The van der Waals surface area contributed by atoms with Crippen LogP contribution in [-0.2, 0) is 16.1 Å². The summed E-state index contributed by atoms with van der Waals surface area (Å²) < 4.78 is 5.68. The summed E-state index contributed by atoms with van der Waals surface area (Å²) in [6.07, 6.45) is 0.855. The normalized spacial score (nSPS) is 12.2. The van der Waals surface area contributed by atoms with Gasteiger partial charge in [0.15, 0.2) is 0 Å². The highest BCUT2D eigenvalue weighted by molar-refractivity contribution is 6.30. The van der Waals surface area contributed by atoms with Gasteiger partial charge in [0, 0.05) is 23.5 Å². The molecule has 0 radical (unpaired) electrons. The number of carbonyl (C=O) groups is 2. The quantitative estimate of drug-likeness (QED) is 0.579. The fourth-order valence-electron chi connectivity index (χ4n) is 2.96. The predicted octanol–water partition coefficient (Wildman–Crippen LogP) is 4.83. The van der Waals surface area contributed by atoms with Crippen molar-refractivity contribution in [2.75, 3.05) is 6.61 Å². The van der Waals surface area contributed by atoms with Crippen LogP contribution in [0.25, 0.3) is 0 Å². The molecule has 0 aliphatic rings. The average Bonchev–Trinajstić information content (AvgIpc) is 2.68. The van der Waals surface area contributed by atoms with Crippen molar-refractivity contribution in [3.05, 3.63) is 65.2 Å². The molecule has 5 nitrogen and oxygen atoms in total. The molecule has 1 atom stereocenters. The second-order valence-corrected chi connectivity index (χ2v) is 8.77. The molecule has 0 unspecified atom stereocenters. The number of ether oxygens (including phenoxy) is 1. The third kappa shape index (κ3) is 8.07. The van der Waals surface area contributed by atoms with E-state index in [4.69, 9.17) is 16.3 Å². The van der Waals surface area contributed by atoms with Crippen molar-refractivity contribution < 1.29 is 14.3 Å². The number of amides is 2. The van der Waals surface area contributed by atoms with Gasteiger partial charge in [-0.05, 0) is 63.9 Å². The number of halogens is 1. The van der Waals surface area contributed by atoms with Crippen molar-refractivity contribution in [1.29, 1.82) is 0 Å². The molecule has 30 heavy (non-hydrogen) atoms. The fraction of sp³-hybridized carbons (Fsp3) is 0.417. The molecule has 0 aromatic heterocycles. The number of nitrogens with one attached hydrogen (secondary N) is 1. The lowest BCUT2D eigenvalue weighted by molar-refractivity contribution is -0.141. The van der Waals surface area contributed by atoms with Gasteiger partial charge in [-0.15, -0.1) is 0 Å². The van der Waals surface area contributed by atoms with E-state index in [1.54, 1.807) is 17.9 Å². The number of benzene rings is 2. The highest BCUT2D eigenvalue weighted by Crippen LogP contribution is 2.17. The summed E-state index contributed by atoms with van der Waals surface area (Å²) in [5.41, 5.74) is 0.506. The summed E-state index contributed by atoms with van der Waals surface area (Å²) in [6.45, 7) is 8.26. The van der Waals surface area contributed by atoms with Crippen molar-refractivity contribution >= 4 is 23.4 Å². The zero-order chi connectivity index (χ0) is 22.1. The number of nitrogens with zero attached hydrogens (tertiary/aromatic N) is 1. The van der Waals surface area contributed by atoms with Crippen LogP contribution in [0.15, 0.2) is 54.6 Å². The van der Waals surface area contributed by atoms with Gasteiger partial charge in [-0.3, -0.25) is 9.59 Å². The Balaban J connectivity index is 2.03. The van der Waals surface area contributed by atoms with Crippen LogP contribution >= 0.6 is 11.6 Å². The van der Waals surface area contributed by atoms with Crippen LogP contribution in [-0.4, -0.2) is 34.9 Å². The lowest BCUT2D eigenvalue weighted by Crippen LogP contribution is -2.52. The van der Waals surface area contributed by atoms with E-state index in [1.165, 1.54) is 0 Å². The Morgan fingerprint density at radius 2 is 1.80 bits per heavy atom. The standard InChI is InChI=1S/C24H31ClN2O3/c1-18(23(29)26-24(2,3)4)27(17-19-10-8-11-20(25)16-19)22(28)14-9-15-30-21-12-6-5-7-13-21/h5-8,10-13,16,18H,9,14-15,17H2,1-4H3,(H,26,29)/t18-/m1/s1. The number of hydrogen-bond acceptors (Lipinski definition) is 3. The summed E-state index contributed by atoms with van der Waals surface area (Å²) in [4.78, 5) is 27.3. The van der Waals surface area contributed by atoms with Crippen LogP contribution in [0.3, 0.4) is 0 Å². The van der Waals surface area contributed by atoms with Gasteiger partial charge in [0.25, 0.3) is 0 Å². The summed E-state index contributed by atoms with van der Waals surface area (Å²) in [7, 11) is 0. The van der Waals surface area contributed by atoms with Crippen LogP contribution in [0, 0.1) is 0 Å².